The minimum absolute atomic E-state index is 1.12. The molecule has 2 aromatic carbocycles. The summed E-state index contributed by atoms with van der Waals surface area (Å²) in [4.78, 5) is 0. The molecule has 0 bridgehead atoms. The summed E-state index contributed by atoms with van der Waals surface area (Å²) in [7, 11) is 0. The molecular formula is C18H23N. The highest BCUT2D eigenvalue weighted by atomic mass is 14.9. The van der Waals surface area contributed by atoms with Gasteiger partial charge in [-0.1, -0.05) is 63.1 Å². The standard InChI is InChI=1S/C18H23N/c1-3-9-15-11-5-7-13-17(15)19-18-14-8-6-12-16(18)10-4-2/h5-8,11-14,19H,3-4,9-10H2,1-2H3. The van der Waals surface area contributed by atoms with Crippen LogP contribution in [-0.4, -0.2) is 0 Å². The summed E-state index contributed by atoms with van der Waals surface area (Å²) in [5.41, 5.74) is 5.29. The van der Waals surface area contributed by atoms with Crippen LogP contribution in [0.5, 0.6) is 0 Å². The van der Waals surface area contributed by atoms with Gasteiger partial charge in [-0.25, -0.2) is 0 Å². The Hall–Kier alpha value is -1.76. The van der Waals surface area contributed by atoms with Gasteiger partial charge in [-0.2, -0.15) is 0 Å². The zero-order chi connectivity index (χ0) is 13.5. The molecule has 100 valence electrons. The summed E-state index contributed by atoms with van der Waals surface area (Å²) < 4.78 is 0. The molecule has 1 nitrogen and oxygen atoms in total. The second kappa shape index (κ2) is 6.98. The molecule has 0 radical (unpaired) electrons. The topological polar surface area (TPSA) is 12.0 Å². The normalized spacial score (nSPS) is 10.4. The van der Waals surface area contributed by atoms with Gasteiger partial charge in [0.05, 0.1) is 0 Å². The lowest BCUT2D eigenvalue weighted by molar-refractivity contribution is 0.918. The molecule has 0 aliphatic carbocycles. The fraction of sp³-hybridized carbons (Fsp3) is 0.333. The summed E-state index contributed by atoms with van der Waals surface area (Å²) in [6, 6.07) is 17.2. The van der Waals surface area contributed by atoms with Gasteiger partial charge in [0.25, 0.3) is 0 Å². The van der Waals surface area contributed by atoms with E-state index in [4.69, 9.17) is 0 Å². The van der Waals surface area contributed by atoms with E-state index in [1.807, 2.05) is 0 Å². The number of anilines is 2. The number of nitrogens with one attached hydrogen (secondary N) is 1. The van der Waals surface area contributed by atoms with Gasteiger partial charge in [-0.05, 0) is 36.1 Å². The highest BCUT2D eigenvalue weighted by molar-refractivity contribution is 5.66. The Morgan fingerprint density at radius 2 is 1.11 bits per heavy atom. The summed E-state index contributed by atoms with van der Waals surface area (Å²) in [5, 5.41) is 3.61. The van der Waals surface area contributed by atoms with Crippen LogP contribution < -0.4 is 5.32 Å². The van der Waals surface area contributed by atoms with Crippen molar-refractivity contribution in [2.45, 2.75) is 39.5 Å². The van der Waals surface area contributed by atoms with Gasteiger partial charge in [-0.15, -0.1) is 0 Å². The van der Waals surface area contributed by atoms with Crippen molar-refractivity contribution in [1.82, 2.24) is 0 Å². The number of hydrogen-bond acceptors (Lipinski definition) is 1. The van der Waals surface area contributed by atoms with Crippen molar-refractivity contribution in [2.24, 2.45) is 0 Å². The Kier molecular flexibility index (Phi) is 5.02. The SMILES string of the molecule is CCCc1ccccc1Nc1ccccc1CCC. The van der Waals surface area contributed by atoms with E-state index in [2.05, 4.69) is 67.7 Å². The minimum Gasteiger partial charge on any atom is -0.355 e. The summed E-state index contributed by atoms with van der Waals surface area (Å²) in [5.74, 6) is 0. The van der Waals surface area contributed by atoms with Crippen LogP contribution in [-0.2, 0) is 12.8 Å². The van der Waals surface area contributed by atoms with E-state index in [1.54, 1.807) is 0 Å². The monoisotopic (exact) mass is 253 g/mol. The molecule has 1 heteroatoms. The predicted octanol–water partition coefficient (Wildman–Crippen LogP) is 5.34. The van der Waals surface area contributed by atoms with Crippen LogP contribution in [0.15, 0.2) is 48.5 Å². The molecule has 1 N–H and O–H groups in total. The van der Waals surface area contributed by atoms with E-state index in [0.717, 1.165) is 12.8 Å². The Labute approximate surface area is 116 Å². The highest BCUT2D eigenvalue weighted by Crippen LogP contribution is 2.25. The molecule has 19 heavy (non-hydrogen) atoms. The van der Waals surface area contributed by atoms with E-state index in [0.29, 0.717) is 0 Å². The lowest BCUT2D eigenvalue weighted by Crippen LogP contribution is -1.99. The van der Waals surface area contributed by atoms with Crippen molar-refractivity contribution in [2.75, 3.05) is 5.32 Å². The lowest BCUT2D eigenvalue weighted by Gasteiger charge is -2.14. The van der Waals surface area contributed by atoms with Crippen molar-refractivity contribution in [3.05, 3.63) is 59.7 Å². The average Bonchev–Trinajstić information content (AvgIpc) is 2.44. The van der Waals surface area contributed by atoms with Crippen molar-refractivity contribution < 1.29 is 0 Å². The van der Waals surface area contributed by atoms with Crippen molar-refractivity contribution in [1.29, 1.82) is 0 Å². The fourth-order valence-corrected chi connectivity index (χ4v) is 2.40. The maximum Gasteiger partial charge on any atom is 0.0416 e. The number of aryl methyl sites for hydroxylation is 2. The molecule has 0 fully saturated rings. The predicted molar refractivity (Wildman–Crippen MR) is 84.2 cm³/mol. The van der Waals surface area contributed by atoms with Crippen molar-refractivity contribution in [3.63, 3.8) is 0 Å². The Morgan fingerprint density at radius 3 is 1.53 bits per heavy atom. The number of hydrogen-bond donors (Lipinski definition) is 1. The zero-order valence-electron chi connectivity index (χ0n) is 11.9. The molecule has 0 spiro atoms. The Bertz CT molecular complexity index is 469. The van der Waals surface area contributed by atoms with Crippen LogP contribution in [0, 0.1) is 0 Å². The summed E-state index contributed by atoms with van der Waals surface area (Å²) >= 11 is 0. The van der Waals surface area contributed by atoms with Crippen LogP contribution in [0.25, 0.3) is 0 Å². The van der Waals surface area contributed by atoms with Crippen LogP contribution in [0.1, 0.15) is 37.8 Å². The molecule has 0 amide bonds. The number of benzene rings is 2. The molecule has 0 atom stereocenters. The third-order valence-electron chi connectivity index (χ3n) is 3.34. The average molecular weight is 253 g/mol. The molecule has 0 saturated heterocycles. The lowest BCUT2D eigenvalue weighted by atomic mass is 10.1. The van der Waals surface area contributed by atoms with E-state index < -0.39 is 0 Å². The van der Waals surface area contributed by atoms with Crippen LogP contribution in [0.4, 0.5) is 11.4 Å². The van der Waals surface area contributed by atoms with Gasteiger partial charge in [0.2, 0.25) is 0 Å². The van der Waals surface area contributed by atoms with Crippen LogP contribution in [0.3, 0.4) is 0 Å². The first-order valence-corrected chi connectivity index (χ1v) is 7.28. The molecule has 0 saturated carbocycles. The molecule has 0 aliphatic heterocycles. The Balaban J connectivity index is 2.25. The van der Waals surface area contributed by atoms with E-state index >= 15 is 0 Å². The molecule has 0 heterocycles. The molecule has 0 unspecified atom stereocenters. The first-order valence-electron chi connectivity index (χ1n) is 7.28. The first-order chi connectivity index (χ1) is 9.35. The second-order valence-electron chi connectivity index (χ2n) is 4.94. The quantitative estimate of drug-likeness (QED) is 0.733. The van der Waals surface area contributed by atoms with Gasteiger partial charge < -0.3 is 5.32 Å². The third-order valence-corrected chi connectivity index (χ3v) is 3.34. The zero-order valence-corrected chi connectivity index (χ0v) is 11.9. The molecular weight excluding hydrogens is 230 g/mol. The van der Waals surface area contributed by atoms with E-state index in [1.165, 1.54) is 35.3 Å². The van der Waals surface area contributed by atoms with Gasteiger partial charge in [-0.3, -0.25) is 0 Å². The highest BCUT2D eigenvalue weighted by Gasteiger charge is 2.04. The fourth-order valence-electron chi connectivity index (χ4n) is 2.40. The van der Waals surface area contributed by atoms with Gasteiger partial charge in [0.15, 0.2) is 0 Å². The van der Waals surface area contributed by atoms with Crippen molar-refractivity contribution >= 4 is 11.4 Å². The van der Waals surface area contributed by atoms with Gasteiger partial charge in [0, 0.05) is 11.4 Å². The van der Waals surface area contributed by atoms with E-state index in [-0.39, 0.29) is 0 Å². The van der Waals surface area contributed by atoms with Gasteiger partial charge in [0.1, 0.15) is 0 Å². The molecule has 0 aromatic heterocycles. The number of para-hydroxylation sites is 2. The number of rotatable bonds is 6. The minimum atomic E-state index is 1.12. The second-order valence-corrected chi connectivity index (χ2v) is 4.94. The first kappa shape index (κ1) is 13.7. The van der Waals surface area contributed by atoms with Gasteiger partial charge >= 0.3 is 0 Å². The molecule has 2 rings (SSSR count). The van der Waals surface area contributed by atoms with Crippen LogP contribution in [0.2, 0.25) is 0 Å². The van der Waals surface area contributed by atoms with Crippen LogP contribution >= 0.6 is 0 Å². The smallest absolute Gasteiger partial charge is 0.0416 e. The molecule has 2 aromatic rings. The Morgan fingerprint density at radius 1 is 0.684 bits per heavy atom. The summed E-state index contributed by atoms with van der Waals surface area (Å²) in [6.07, 6.45) is 4.60. The maximum absolute atomic E-state index is 3.61. The van der Waals surface area contributed by atoms with Crippen molar-refractivity contribution in [3.8, 4) is 0 Å². The van der Waals surface area contributed by atoms with E-state index in [9.17, 15) is 0 Å². The molecule has 0 aliphatic rings. The summed E-state index contributed by atoms with van der Waals surface area (Å²) in [6.45, 7) is 4.45. The largest absolute Gasteiger partial charge is 0.355 e. The third kappa shape index (κ3) is 3.60. The maximum atomic E-state index is 3.61.